The van der Waals surface area contributed by atoms with Crippen molar-refractivity contribution in [1.29, 1.82) is 0 Å². The van der Waals surface area contributed by atoms with Gasteiger partial charge in [0, 0.05) is 18.2 Å². The van der Waals surface area contributed by atoms with E-state index < -0.39 is 30.0 Å². The third-order valence-electron chi connectivity index (χ3n) is 5.49. The minimum Gasteiger partial charge on any atom is -0.444 e. The van der Waals surface area contributed by atoms with Gasteiger partial charge in [0.15, 0.2) is 5.82 Å². The molecule has 1 saturated heterocycles. The number of nitrogens with zero attached hydrogens (tertiary/aromatic N) is 2. The van der Waals surface area contributed by atoms with Gasteiger partial charge in [0.25, 0.3) is 0 Å². The van der Waals surface area contributed by atoms with E-state index in [1.54, 1.807) is 0 Å². The largest absolute Gasteiger partial charge is 0.500 e. The Labute approximate surface area is 162 Å². The van der Waals surface area contributed by atoms with E-state index in [0.29, 0.717) is 11.7 Å². The van der Waals surface area contributed by atoms with Crippen molar-refractivity contribution in [2.24, 2.45) is 13.0 Å². The lowest BCUT2D eigenvalue weighted by Gasteiger charge is -2.32. The van der Waals surface area contributed by atoms with Crippen LogP contribution in [0.1, 0.15) is 67.0 Å². The maximum Gasteiger partial charge on any atom is 0.500 e. The van der Waals surface area contributed by atoms with Crippen LogP contribution in [0, 0.1) is 5.92 Å². The second-order valence-corrected chi connectivity index (χ2v) is 9.70. The summed E-state index contributed by atoms with van der Waals surface area (Å²) in [5, 5.41) is 7.35. The first-order chi connectivity index (χ1) is 12.3. The normalized spacial score (nSPS) is 21.4. The zero-order chi connectivity index (χ0) is 20.2. The van der Waals surface area contributed by atoms with Crippen LogP contribution in [0.15, 0.2) is 0 Å². The van der Waals surface area contributed by atoms with E-state index >= 15 is 0 Å². The van der Waals surface area contributed by atoms with Gasteiger partial charge in [-0.3, -0.25) is 10.00 Å². The molecule has 1 N–H and O–H groups in total. The average Bonchev–Trinajstić information content (AvgIpc) is 3.17. The van der Waals surface area contributed by atoms with E-state index in [4.69, 9.17) is 14.0 Å². The number of ether oxygens (including phenoxy) is 1. The quantitative estimate of drug-likeness (QED) is 0.817. The fraction of sp³-hybridized carbons (Fsp3) is 0.789. The molecule has 0 aromatic carbocycles. The van der Waals surface area contributed by atoms with E-state index in [-0.39, 0.29) is 0 Å². The summed E-state index contributed by atoms with van der Waals surface area (Å²) in [5.41, 5.74) is 0.331. The number of carbonyl (C=O) groups excluding carboxylic acids is 1. The summed E-state index contributed by atoms with van der Waals surface area (Å²) in [6.45, 7) is 13.6. The second kappa shape index (κ2) is 6.52. The van der Waals surface area contributed by atoms with Gasteiger partial charge in [0.05, 0.1) is 11.2 Å². The fourth-order valence-electron chi connectivity index (χ4n) is 3.11. The smallest absolute Gasteiger partial charge is 0.444 e. The molecule has 1 amide bonds. The zero-order valence-corrected chi connectivity index (χ0v) is 17.8. The number of nitrogens with one attached hydrogen (secondary N) is 1. The summed E-state index contributed by atoms with van der Waals surface area (Å²) in [6, 6.07) is 0. The molecule has 8 heteroatoms. The van der Waals surface area contributed by atoms with Gasteiger partial charge >= 0.3 is 13.2 Å². The predicted octanol–water partition coefficient (Wildman–Crippen LogP) is 3.02. The molecular formula is C19H32BN3O4. The molecule has 1 aromatic heterocycles. The Morgan fingerprint density at radius 1 is 1.26 bits per heavy atom. The number of hydrogen-bond acceptors (Lipinski definition) is 5. The molecule has 1 aliphatic carbocycles. The van der Waals surface area contributed by atoms with Crippen LogP contribution < -0.4 is 10.8 Å². The molecule has 2 aliphatic rings. The monoisotopic (exact) mass is 377 g/mol. The van der Waals surface area contributed by atoms with Crippen LogP contribution in [0.3, 0.4) is 0 Å². The Morgan fingerprint density at radius 2 is 1.81 bits per heavy atom. The summed E-state index contributed by atoms with van der Waals surface area (Å²) in [6.07, 6.45) is 2.82. The molecule has 0 bridgehead atoms. The van der Waals surface area contributed by atoms with Crippen LogP contribution in [0.25, 0.3) is 0 Å². The minimum atomic E-state index is -0.583. The third kappa shape index (κ3) is 4.32. The van der Waals surface area contributed by atoms with Crippen LogP contribution >= 0.6 is 0 Å². The molecule has 0 radical (unpaired) electrons. The summed E-state index contributed by atoms with van der Waals surface area (Å²) in [4.78, 5) is 12.3. The predicted molar refractivity (Wildman–Crippen MR) is 105 cm³/mol. The number of anilines is 1. The highest BCUT2D eigenvalue weighted by molar-refractivity contribution is 6.64. The summed E-state index contributed by atoms with van der Waals surface area (Å²) in [7, 11) is 1.31. The van der Waals surface area contributed by atoms with Crippen molar-refractivity contribution >= 4 is 24.5 Å². The summed E-state index contributed by atoms with van der Waals surface area (Å²) >= 11 is 0. The van der Waals surface area contributed by atoms with Gasteiger partial charge in [-0.15, -0.1) is 0 Å². The van der Waals surface area contributed by atoms with Crippen molar-refractivity contribution in [3.63, 3.8) is 0 Å². The van der Waals surface area contributed by atoms with Crippen LogP contribution in [0.2, 0.25) is 0 Å². The minimum absolute atomic E-state index is 0.445. The van der Waals surface area contributed by atoms with E-state index in [0.717, 1.165) is 17.6 Å². The van der Waals surface area contributed by atoms with Crippen molar-refractivity contribution in [1.82, 2.24) is 9.78 Å². The Morgan fingerprint density at radius 3 is 2.30 bits per heavy atom. The van der Waals surface area contributed by atoms with Crippen molar-refractivity contribution in [3.8, 4) is 0 Å². The van der Waals surface area contributed by atoms with Crippen molar-refractivity contribution < 1.29 is 18.8 Å². The molecule has 0 unspecified atom stereocenters. The van der Waals surface area contributed by atoms with Crippen molar-refractivity contribution in [2.45, 2.75) is 84.5 Å². The average molecular weight is 377 g/mol. The summed E-state index contributed by atoms with van der Waals surface area (Å²) in [5.74, 6) is 1.11. The number of amides is 1. The molecule has 150 valence electrons. The van der Waals surface area contributed by atoms with Gasteiger partial charge < -0.3 is 14.0 Å². The Bertz CT molecular complexity index is 716. The SMILES string of the molecule is Cn1nc(NC(=O)OC(C)(C)C)c(B2OC(C)(C)C(C)(C)O2)c1CC1CC1. The molecule has 0 spiro atoms. The van der Waals surface area contributed by atoms with Gasteiger partial charge in [-0.2, -0.15) is 5.10 Å². The fourth-order valence-corrected chi connectivity index (χ4v) is 3.11. The number of hydrogen-bond donors (Lipinski definition) is 1. The first-order valence-corrected chi connectivity index (χ1v) is 9.70. The molecule has 3 rings (SSSR count). The maximum absolute atomic E-state index is 12.3. The number of aromatic nitrogens is 2. The summed E-state index contributed by atoms with van der Waals surface area (Å²) < 4.78 is 19.8. The maximum atomic E-state index is 12.3. The first-order valence-electron chi connectivity index (χ1n) is 9.70. The molecule has 27 heavy (non-hydrogen) atoms. The molecular weight excluding hydrogens is 345 g/mol. The highest BCUT2D eigenvalue weighted by Crippen LogP contribution is 2.38. The number of rotatable bonds is 4. The highest BCUT2D eigenvalue weighted by atomic mass is 16.7. The number of carbonyl (C=O) groups is 1. The zero-order valence-electron chi connectivity index (χ0n) is 17.8. The highest BCUT2D eigenvalue weighted by Gasteiger charge is 2.54. The van der Waals surface area contributed by atoms with Crippen molar-refractivity contribution in [2.75, 3.05) is 5.32 Å². The Balaban J connectivity index is 1.93. The third-order valence-corrected chi connectivity index (χ3v) is 5.49. The van der Waals surface area contributed by atoms with Crippen LogP contribution in [-0.2, 0) is 27.5 Å². The molecule has 7 nitrogen and oxygen atoms in total. The topological polar surface area (TPSA) is 74.6 Å². The van der Waals surface area contributed by atoms with Gasteiger partial charge in [-0.05, 0) is 73.6 Å². The molecule has 2 fully saturated rings. The molecule has 1 aliphatic heterocycles. The molecule has 0 atom stereocenters. The van der Waals surface area contributed by atoms with Gasteiger partial charge in [0.1, 0.15) is 5.60 Å². The Kier molecular flexibility index (Phi) is 4.88. The van der Waals surface area contributed by atoms with E-state index in [1.165, 1.54) is 12.8 Å². The molecule has 2 heterocycles. The first kappa shape index (κ1) is 20.2. The lowest BCUT2D eigenvalue weighted by atomic mass is 9.77. The van der Waals surface area contributed by atoms with E-state index in [2.05, 4.69) is 10.4 Å². The van der Waals surface area contributed by atoms with Crippen LogP contribution in [-0.4, -0.2) is 39.8 Å². The van der Waals surface area contributed by atoms with Gasteiger partial charge in [-0.1, -0.05) is 0 Å². The van der Waals surface area contributed by atoms with Crippen LogP contribution in [0.4, 0.5) is 10.6 Å². The lowest BCUT2D eigenvalue weighted by molar-refractivity contribution is 0.00578. The van der Waals surface area contributed by atoms with E-state index in [9.17, 15) is 4.79 Å². The lowest BCUT2D eigenvalue weighted by Crippen LogP contribution is -2.41. The van der Waals surface area contributed by atoms with Crippen molar-refractivity contribution in [3.05, 3.63) is 5.69 Å². The van der Waals surface area contributed by atoms with E-state index in [1.807, 2.05) is 60.2 Å². The van der Waals surface area contributed by atoms with Gasteiger partial charge in [0.2, 0.25) is 0 Å². The number of aryl methyl sites for hydroxylation is 1. The second-order valence-electron chi connectivity index (χ2n) is 9.70. The van der Waals surface area contributed by atoms with Crippen LogP contribution in [0.5, 0.6) is 0 Å². The standard InChI is InChI=1S/C19H32BN3O4/c1-17(2,3)25-16(24)21-15-14(13(23(8)22-15)11-12-9-10-12)20-26-18(4,5)19(6,7)27-20/h12H,9-11H2,1-8H3,(H,21,22,24). The van der Waals surface area contributed by atoms with Gasteiger partial charge in [-0.25, -0.2) is 4.79 Å². The molecule has 1 saturated carbocycles. The molecule has 1 aromatic rings. The Hall–Kier alpha value is -1.54.